The maximum atomic E-state index is 12.9. The van der Waals surface area contributed by atoms with Crippen LogP contribution < -0.4 is 14.8 Å². The molecule has 0 saturated carbocycles. The van der Waals surface area contributed by atoms with Crippen molar-refractivity contribution in [3.8, 4) is 17.6 Å². The molecule has 2 aromatic rings. The number of halogens is 1. The third-order valence-corrected chi connectivity index (χ3v) is 3.76. The molecule has 0 atom stereocenters. The predicted molar refractivity (Wildman–Crippen MR) is 111 cm³/mol. The molecule has 7 heteroatoms. The summed E-state index contributed by atoms with van der Waals surface area (Å²) >= 11 is 0. The van der Waals surface area contributed by atoms with E-state index in [0.29, 0.717) is 11.1 Å². The van der Waals surface area contributed by atoms with Crippen LogP contribution >= 0.6 is 0 Å². The maximum Gasteiger partial charge on any atom is 0.336 e. The molecule has 0 unspecified atom stereocenters. The molecule has 2 rings (SSSR count). The van der Waals surface area contributed by atoms with E-state index >= 15 is 0 Å². The van der Waals surface area contributed by atoms with Crippen molar-refractivity contribution in [2.24, 2.45) is 0 Å². The van der Waals surface area contributed by atoms with Gasteiger partial charge in [-0.3, -0.25) is 4.79 Å². The second-order valence-electron chi connectivity index (χ2n) is 5.88. The van der Waals surface area contributed by atoms with E-state index in [0.717, 1.165) is 0 Å². The van der Waals surface area contributed by atoms with Crippen molar-refractivity contribution >= 4 is 24.0 Å². The third kappa shape index (κ3) is 6.46. The number of hydrogen-bond donors (Lipinski definition) is 1. The molecule has 0 aromatic heterocycles. The number of carbonyl (C=O) groups excluding carboxylic acids is 2. The van der Waals surface area contributed by atoms with Crippen LogP contribution in [0.5, 0.6) is 11.5 Å². The molecule has 1 amide bonds. The summed E-state index contributed by atoms with van der Waals surface area (Å²) in [6.07, 6.45) is 5.59. The van der Waals surface area contributed by atoms with Crippen LogP contribution in [0.25, 0.3) is 12.2 Å². The second kappa shape index (κ2) is 11.0. The van der Waals surface area contributed by atoms with Gasteiger partial charge in [0.1, 0.15) is 17.5 Å². The molecule has 6 nitrogen and oxygen atoms in total. The molecular formula is C23H19FN2O4. The van der Waals surface area contributed by atoms with Gasteiger partial charge in [0.15, 0.2) is 11.5 Å². The Morgan fingerprint density at radius 1 is 1.17 bits per heavy atom. The first-order chi connectivity index (χ1) is 14.5. The van der Waals surface area contributed by atoms with E-state index in [9.17, 15) is 19.2 Å². The zero-order chi connectivity index (χ0) is 21.9. The van der Waals surface area contributed by atoms with Crippen LogP contribution in [0.1, 0.15) is 11.1 Å². The average molecular weight is 406 g/mol. The number of benzene rings is 2. The molecule has 0 saturated heterocycles. The highest BCUT2D eigenvalue weighted by Gasteiger charge is 2.11. The van der Waals surface area contributed by atoms with Crippen molar-refractivity contribution < 1.29 is 23.5 Å². The lowest BCUT2D eigenvalue weighted by molar-refractivity contribution is -0.129. The van der Waals surface area contributed by atoms with E-state index in [1.807, 2.05) is 6.07 Å². The maximum absolute atomic E-state index is 12.9. The molecule has 0 heterocycles. The van der Waals surface area contributed by atoms with Crippen LogP contribution in [0.4, 0.5) is 4.39 Å². The summed E-state index contributed by atoms with van der Waals surface area (Å²) in [6, 6.07) is 12.1. The summed E-state index contributed by atoms with van der Waals surface area (Å²) in [5.74, 6) is -1.14. The number of hydrogen-bond acceptors (Lipinski definition) is 5. The molecule has 0 spiro atoms. The molecule has 0 aliphatic carbocycles. The smallest absolute Gasteiger partial charge is 0.336 e. The Kier molecular flexibility index (Phi) is 8.09. The predicted octanol–water partition coefficient (Wildman–Crippen LogP) is 3.66. The Balaban J connectivity index is 2.14. The number of rotatable bonds is 8. The van der Waals surface area contributed by atoms with Gasteiger partial charge in [-0.15, -0.1) is 6.58 Å². The fourth-order valence-electron chi connectivity index (χ4n) is 2.31. The van der Waals surface area contributed by atoms with Crippen molar-refractivity contribution in [2.75, 3.05) is 13.7 Å². The highest BCUT2D eigenvalue weighted by Crippen LogP contribution is 2.29. The van der Waals surface area contributed by atoms with Gasteiger partial charge in [0.25, 0.3) is 5.91 Å². The summed E-state index contributed by atoms with van der Waals surface area (Å²) in [6.45, 7) is 3.73. The minimum absolute atomic E-state index is 0.0918. The second-order valence-corrected chi connectivity index (χ2v) is 5.88. The lowest BCUT2D eigenvalue weighted by Crippen LogP contribution is -2.24. The van der Waals surface area contributed by atoms with Crippen LogP contribution in [-0.2, 0) is 9.59 Å². The average Bonchev–Trinajstić information content (AvgIpc) is 2.76. The summed E-state index contributed by atoms with van der Waals surface area (Å²) in [7, 11) is 1.40. The number of esters is 1. The highest BCUT2D eigenvalue weighted by molar-refractivity contribution is 6.01. The molecule has 0 fully saturated rings. The molecule has 0 bridgehead atoms. The largest absolute Gasteiger partial charge is 0.493 e. The van der Waals surface area contributed by atoms with Crippen LogP contribution in [0.2, 0.25) is 0 Å². The number of nitriles is 1. The summed E-state index contributed by atoms with van der Waals surface area (Å²) in [4.78, 5) is 24.0. The van der Waals surface area contributed by atoms with Gasteiger partial charge >= 0.3 is 5.97 Å². The minimum atomic E-state index is -0.651. The van der Waals surface area contributed by atoms with Gasteiger partial charge in [0.2, 0.25) is 0 Å². The molecule has 2 aromatic carbocycles. The highest BCUT2D eigenvalue weighted by atomic mass is 19.1. The quantitative estimate of drug-likeness (QED) is 0.238. The fraction of sp³-hybridized carbons (Fsp3) is 0.0870. The van der Waals surface area contributed by atoms with Crippen molar-refractivity contribution in [3.63, 3.8) is 0 Å². The number of amides is 1. The van der Waals surface area contributed by atoms with Crippen molar-refractivity contribution in [1.82, 2.24) is 5.32 Å². The molecule has 30 heavy (non-hydrogen) atoms. The van der Waals surface area contributed by atoms with Gasteiger partial charge in [-0.1, -0.05) is 24.3 Å². The molecule has 152 valence electrons. The number of carbonyl (C=O) groups is 2. The van der Waals surface area contributed by atoms with Crippen molar-refractivity contribution in [3.05, 3.63) is 83.7 Å². The molecule has 0 radical (unpaired) electrons. The number of methoxy groups -OCH3 is 1. The summed E-state index contributed by atoms with van der Waals surface area (Å²) in [5.41, 5.74) is 1.06. The first-order valence-corrected chi connectivity index (χ1v) is 8.81. The topological polar surface area (TPSA) is 88.4 Å². The Morgan fingerprint density at radius 3 is 2.50 bits per heavy atom. The van der Waals surface area contributed by atoms with Gasteiger partial charge in [-0.05, 0) is 47.5 Å². The number of ether oxygens (including phenoxy) is 2. The van der Waals surface area contributed by atoms with Crippen molar-refractivity contribution in [2.45, 2.75) is 0 Å². The Morgan fingerprint density at radius 2 is 1.87 bits per heavy atom. The Labute approximate surface area is 173 Å². The van der Waals surface area contributed by atoms with E-state index in [1.54, 1.807) is 6.07 Å². The van der Waals surface area contributed by atoms with Crippen LogP contribution in [0.3, 0.4) is 0 Å². The third-order valence-electron chi connectivity index (χ3n) is 3.76. The summed E-state index contributed by atoms with van der Waals surface area (Å²) in [5, 5.41) is 11.7. The van der Waals surface area contributed by atoms with E-state index in [-0.39, 0.29) is 29.4 Å². The standard InChI is InChI=1S/C23H19FN2O4/c1-3-12-26-23(28)18(15-25)13-17-6-10-20(21(14-17)29-2)30-22(27)11-7-16-4-8-19(24)9-5-16/h3-11,13-14H,1,12H2,2H3,(H,26,28). The lowest BCUT2D eigenvalue weighted by atomic mass is 10.1. The monoisotopic (exact) mass is 406 g/mol. The molecular weight excluding hydrogens is 387 g/mol. The van der Waals surface area contributed by atoms with Gasteiger partial charge in [0.05, 0.1) is 7.11 Å². The molecule has 0 aliphatic heterocycles. The molecule has 0 aliphatic rings. The zero-order valence-electron chi connectivity index (χ0n) is 16.2. The fourth-order valence-corrected chi connectivity index (χ4v) is 2.31. The Hall–Kier alpha value is -4.18. The Bertz CT molecular complexity index is 1030. The first kappa shape index (κ1) is 22.1. The number of nitrogens with zero attached hydrogens (tertiary/aromatic N) is 1. The van der Waals surface area contributed by atoms with Crippen LogP contribution in [0, 0.1) is 17.1 Å². The normalized spacial score (nSPS) is 10.9. The SMILES string of the molecule is C=CCNC(=O)C(C#N)=Cc1ccc(OC(=O)C=Cc2ccc(F)cc2)c(OC)c1. The number of nitrogens with one attached hydrogen (secondary N) is 1. The lowest BCUT2D eigenvalue weighted by Gasteiger charge is -2.09. The summed E-state index contributed by atoms with van der Waals surface area (Å²) < 4.78 is 23.4. The van der Waals surface area contributed by atoms with E-state index in [4.69, 9.17) is 9.47 Å². The van der Waals surface area contributed by atoms with E-state index < -0.39 is 11.9 Å². The van der Waals surface area contributed by atoms with Crippen LogP contribution in [0.15, 0.2) is 66.8 Å². The van der Waals surface area contributed by atoms with Gasteiger partial charge in [-0.2, -0.15) is 5.26 Å². The zero-order valence-corrected chi connectivity index (χ0v) is 16.2. The van der Waals surface area contributed by atoms with E-state index in [2.05, 4.69) is 11.9 Å². The first-order valence-electron chi connectivity index (χ1n) is 8.81. The van der Waals surface area contributed by atoms with E-state index in [1.165, 1.54) is 67.8 Å². The van der Waals surface area contributed by atoms with Crippen molar-refractivity contribution in [1.29, 1.82) is 5.26 Å². The van der Waals surface area contributed by atoms with Gasteiger partial charge in [-0.25, -0.2) is 9.18 Å². The van der Waals surface area contributed by atoms with Gasteiger partial charge in [0, 0.05) is 12.6 Å². The van der Waals surface area contributed by atoms with Crippen LogP contribution in [-0.4, -0.2) is 25.5 Å². The molecule has 1 N–H and O–H groups in total. The minimum Gasteiger partial charge on any atom is -0.493 e. The van der Waals surface area contributed by atoms with Gasteiger partial charge < -0.3 is 14.8 Å².